The molecule has 1 N–H and O–H groups in total. The predicted molar refractivity (Wildman–Crippen MR) is 108 cm³/mol. The van der Waals surface area contributed by atoms with Crippen LogP contribution in [0.25, 0.3) is 0 Å². The van der Waals surface area contributed by atoms with E-state index < -0.39 is 0 Å². The van der Waals surface area contributed by atoms with E-state index in [9.17, 15) is 9.59 Å². The van der Waals surface area contributed by atoms with Crippen molar-refractivity contribution in [3.63, 3.8) is 0 Å². The third-order valence-electron chi connectivity index (χ3n) is 4.68. The Bertz CT molecular complexity index is 799. The van der Waals surface area contributed by atoms with Gasteiger partial charge in [0.2, 0.25) is 0 Å². The van der Waals surface area contributed by atoms with E-state index in [0.29, 0.717) is 35.7 Å². The number of rotatable bonds is 5. The lowest BCUT2D eigenvalue weighted by molar-refractivity contribution is 0.0698. The predicted octanol–water partition coefficient (Wildman–Crippen LogP) is 3.41. The van der Waals surface area contributed by atoms with E-state index >= 15 is 0 Å². The van der Waals surface area contributed by atoms with Crippen molar-refractivity contribution >= 4 is 24.4 Å². The number of amides is 2. The maximum atomic E-state index is 12.7. The summed E-state index contributed by atoms with van der Waals surface area (Å²) >= 11 is 4.33. The van der Waals surface area contributed by atoms with Gasteiger partial charge < -0.3 is 15.0 Å². The molecule has 2 amide bonds. The minimum Gasteiger partial charge on any atom is -0.494 e. The van der Waals surface area contributed by atoms with Crippen LogP contribution in [0.3, 0.4) is 0 Å². The van der Waals surface area contributed by atoms with Gasteiger partial charge in [-0.3, -0.25) is 9.59 Å². The Morgan fingerprint density at radius 2 is 1.78 bits per heavy atom. The van der Waals surface area contributed by atoms with Gasteiger partial charge in [-0.05, 0) is 56.2 Å². The lowest BCUT2D eigenvalue weighted by Crippen LogP contribution is -2.46. The molecule has 1 saturated heterocycles. The van der Waals surface area contributed by atoms with E-state index in [-0.39, 0.29) is 17.9 Å². The number of nitrogens with one attached hydrogen (secondary N) is 1. The lowest BCUT2D eigenvalue weighted by atomic mass is 10.0. The highest BCUT2D eigenvalue weighted by molar-refractivity contribution is 7.80. The largest absolute Gasteiger partial charge is 0.494 e. The van der Waals surface area contributed by atoms with Crippen LogP contribution in [0.15, 0.2) is 53.4 Å². The number of nitrogens with zero attached hydrogens (tertiary/aromatic N) is 1. The second-order valence-corrected chi connectivity index (χ2v) is 7.00. The van der Waals surface area contributed by atoms with Crippen LogP contribution < -0.4 is 10.1 Å². The third-order valence-corrected chi connectivity index (χ3v) is 5.07. The van der Waals surface area contributed by atoms with Crippen molar-refractivity contribution < 1.29 is 14.3 Å². The number of carbonyl (C=O) groups is 2. The van der Waals surface area contributed by atoms with Crippen LogP contribution in [0.2, 0.25) is 0 Å². The van der Waals surface area contributed by atoms with Gasteiger partial charge in [0.1, 0.15) is 5.75 Å². The first-order valence-electron chi connectivity index (χ1n) is 9.19. The molecule has 0 aliphatic carbocycles. The molecule has 2 aromatic carbocycles. The molecule has 0 spiro atoms. The molecule has 1 aliphatic rings. The van der Waals surface area contributed by atoms with Crippen LogP contribution in [0.1, 0.15) is 40.5 Å². The fourth-order valence-corrected chi connectivity index (χ4v) is 3.46. The summed E-state index contributed by atoms with van der Waals surface area (Å²) in [6.45, 7) is 3.78. The Morgan fingerprint density at radius 3 is 2.41 bits per heavy atom. The molecule has 0 aromatic heterocycles. The molecule has 142 valence electrons. The monoisotopic (exact) mass is 384 g/mol. The zero-order valence-corrected chi connectivity index (χ0v) is 16.2. The standard InChI is InChI=1S/C21H24N2O3S/c1-2-26-17-9-7-15(8-10-17)21(25)23-13-11-16(12-14-23)22-20(24)18-5-3-4-6-19(18)27/h3-10,16,27H,2,11-14H2,1H3,(H,22,24). The number of ether oxygens (including phenoxy) is 1. The highest BCUT2D eigenvalue weighted by Crippen LogP contribution is 2.18. The average Bonchev–Trinajstić information content (AvgIpc) is 2.69. The third kappa shape index (κ3) is 4.83. The highest BCUT2D eigenvalue weighted by atomic mass is 32.1. The summed E-state index contributed by atoms with van der Waals surface area (Å²) in [6.07, 6.45) is 1.48. The van der Waals surface area contributed by atoms with Crippen molar-refractivity contribution in [2.75, 3.05) is 19.7 Å². The van der Waals surface area contributed by atoms with Crippen molar-refractivity contribution in [1.82, 2.24) is 10.2 Å². The first-order chi connectivity index (χ1) is 13.1. The van der Waals surface area contributed by atoms with Crippen LogP contribution >= 0.6 is 12.6 Å². The van der Waals surface area contributed by atoms with Crippen LogP contribution in [0.4, 0.5) is 0 Å². The van der Waals surface area contributed by atoms with Crippen LogP contribution in [-0.4, -0.2) is 42.5 Å². The molecule has 2 aromatic rings. The topological polar surface area (TPSA) is 58.6 Å². The first-order valence-corrected chi connectivity index (χ1v) is 9.64. The maximum absolute atomic E-state index is 12.7. The molecule has 27 heavy (non-hydrogen) atoms. The number of benzene rings is 2. The quantitative estimate of drug-likeness (QED) is 0.777. The highest BCUT2D eigenvalue weighted by Gasteiger charge is 2.25. The van der Waals surface area contributed by atoms with Gasteiger partial charge in [0.15, 0.2) is 0 Å². The number of piperidine rings is 1. The maximum Gasteiger partial charge on any atom is 0.253 e. The van der Waals surface area contributed by atoms with Crippen LogP contribution in [0, 0.1) is 0 Å². The van der Waals surface area contributed by atoms with Crippen molar-refractivity contribution in [1.29, 1.82) is 0 Å². The van der Waals surface area contributed by atoms with Gasteiger partial charge in [0.05, 0.1) is 12.2 Å². The SMILES string of the molecule is CCOc1ccc(C(=O)N2CCC(NC(=O)c3ccccc3S)CC2)cc1. The zero-order valence-electron chi connectivity index (χ0n) is 15.4. The van der Waals surface area contributed by atoms with Crippen LogP contribution in [-0.2, 0) is 0 Å². The summed E-state index contributed by atoms with van der Waals surface area (Å²) in [5.41, 5.74) is 1.23. The smallest absolute Gasteiger partial charge is 0.253 e. The molecular weight excluding hydrogens is 360 g/mol. The van der Waals surface area contributed by atoms with Gasteiger partial charge in [-0.15, -0.1) is 12.6 Å². The van der Waals surface area contributed by atoms with Gasteiger partial charge in [-0.1, -0.05) is 12.1 Å². The molecule has 6 heteroatoms. The second-order valence-electron chi connectivity index (χ2n) is 6.51. The molecule has 1 fully saturated rings. The molecule has 0 atom stereocenters. The Morgan fingerprint density at radius 1 is 1.11 bits per heavy atom. The Balaban J connectivity index is 1.53. The lowest BCUT2D eigenvalue weighted by Gasteiger charge is -2.32. The van der Waals surface area contributed by atoms with Crippen molar-refractivity contribution in [2.24, 2.45) is 0 Å². The Hall–Kier alpha value is -2.47. The molecule has 0 unspecified atom stereocenters. The Kier molecular flexibility index (Phi) is 6.40. The summed E-state index contributed by atoms with van der Waals surface area (Å²) in [4.78, 5) is 27.6. The minimum absolute atomic E-state index is 0.0172. The summed E-state index contributed by atoms with van der Waals surface area (Å²) in [7, 11) is 0. The number of carbonyl (C=O) groups excluding carboxylic acids is 2. The van der Waals surface area contributed by atoms with Crippen molar-refractivity contribution in [2.45, 2.75) is 30.7 Å². The van der Waals surface area contributed by atoms with Gasteiger partial charge in [0.25, 0.3) is 11.8 Å². The molecule has 1 heterocycles. The van der Waals surface area contributed by atoms with Crippen molar-refractivity contribution in [3.05, 3.63) is 59.7 Å². The minimum atomic E-state index is -0.114. The molecule has 5 nitrogen and oxygen atoms in total. The fourth-order valence-electron chi connectivity index (χ4n) is 3.20. The van der Waals surface area contributed by atoms with Gasteiger partial charge in [0, 0.05) is 29.6 Å². The van der Waals surface area contributed by atoms with Crippen molar-refractivity contribution in [3.8, 4) is 5.75 Å². The number of thiol groups is 1. The molecular formula is C21H24N2O3S. The van der Waals surface area contributed by atoms with E-state index in [2.05, 4.69) is 17.9 Å². The van der Waals surface area contributed by atoms with E-state index in [1.165, 1.54) is 0 Å². The van der Waals surface area contributed by atoms with Crippen LogP contribution in [0.5, 0.6) is 5.75 Å². The zero-order chi connectivity index (χ0) is 19.2. The van der Waals surface area contributed by atoms with E-state index in [1.807, 2.05) is 36.1 Å². The first kappa shape index (κ1) is 19.3. The normalized spacial score (nSPS) is 14.7. The molecule has 0 radical (unpaired) electrons. The number of hydrogen-bond donors (Lipinski definition) is 2. The number of hydrogen-bond acceptors (Lipinski definition) is 4. The molecule has 3 rings (SSSR count). The summed E-state index contributed by atoms with van der Waals surface area (Å²) in [5.74, 6) is 0.667. The Labute approximate surface area is 165 Å². The molecule has 1 aliphatic heterocycles. The van der Waals surface area contributed by atoms with Gasteiger partial charge in [-0.2, -0.15) is 0 Å². The van der Waals surface area contributed by atoms with E-state index in [1.54, 1.807) is 24.3 Å². The van der Waals surface area contributed by atoms with E-state index in [4.69, 9.17) is 4.74 Å². The molecule has 0 saturated carbocycles. The van der Waals surface area contributed by atoms with Gasteiger partial charge >= 0.3 is 0 Å². The average molecular weight is 385 g/mol. The van der Waals surface area contributed by atoms with Gasteiger partial charge in [-0.25, -0.2) is 0 Å². The summed E-state index contributed by atoms with van der Waals surface area (Å²) in [5, 5.41) is 3.05. The summed E-state index contributed by atoms with van der Waals surface area (Å²) in [6, 6.07) is 14.5. The fraction of sp³-hybridized carbons (Fsp3) is 0.333. The number of likely N-dealkylation sites (tertiary alicyclic amines) is 1. The molecule has 0 bridgehead atoms. The summed E-state index contributed by atoms with van der Waals surface area (Å²) < 4.78 is 5.41. The van der Waals surface area contributed by atoms with E-state index in [0.717, 1.165) is 18.6 Å². The second kappa shape index (κ2) is 8.95.